The van der Waals surface area contributed by atoms with E-state index in [2.05, 4.69) is 20.2 Å². The Kier molecular flexibility index (Phi) is 6.19. The SMILES string of the molecule is CS(=O)(=O)c1ccc(Nc2nc(CC(=O)N3CCN(c4ccccn4)CC3)cs2)cc1. The highest BCUT2D eigenvalue weighted by atomic mass is 32.2. The van der Waals surface area contributed by atoms with E-state index in [-0.39, 0.29) is 17.2 Å². The summed E-state index contributed by atoms with van der Waals surface area (Å²) < 4.78 is 23.1. The maximum absolute atomic E-state index is 12.7. The Bertz CT molecular complexity index is 1140. The van der Waals surface area contributed by atoms with Gasteiger partial charge in [-0.3, -0.25) is 4.79 Å². The molecule has 0 spiro atoms. The molecule has 0 atom stereocenters. The second-order valence-electron chi connectivity index (χ2n) is 7.30. The first-order chi connectivity index (χ1) is 14.9. The van der Waals surface area contributed by atoms with Crippen LogP contribution in [0, 0.1) is 0 Å². The standard InChI is InChI=1S/C21H23N5O3S2/c1-31(28,29)18-7-5-16(6-8-18)23-21-24-17(15-30-21)14-20(27)26-12-10-25(11-13-26)19-4-2-3-9-22-19/h2-9,15H,10-14H2,1H3,(H,23,24). The van der Waals surface area contributed by atoms with Crippen LogP contribution in [0.1, 0.15) is 5.69 Å². The molecule has 8 nitrogen and oxygen atoms in total. The first-order valence-corrected chi connectivity index (χ1v) is 12.6. The number of amides is 1. The van der Waals surface area contributed by atoms with Crippen molar-refractivity contribution in [1.29, 1.82) is 0 Å². The Morgan fingerprint density at radius 2 is 1.84 bits per heavy atom. The number of benzene rings is 1. The minimum absolute atomic E-state index is 0.0648. The Hall–Kier alpha value is -2.98. The maximum Gasteiger partial charge on any atom is 0.228 e. The summed E-state index contributed by atoms with van der Waals surface area (Å²) in [4.78, 5) is 25.9. The van der Waals surface area contributed by atoms with Crippen LogP contribution in [0.4, 0.5) is 16.6 Å². The van der Waals surface area contributed by atoms with E-state index in [9.17, 15) is 13.2 Å². The van der Waals surface area contributed by atoms with E-state index >= 15 is 0 Å². The zero-order chi connectivity index (χ0) is 21.8. The number of hydrogen-bond acceptors (Lipinski definition) is 8. The molecule has 0 unspecified atom stereocenters. The number of pyridine rings is 1. The molecule has 1 fully saturated rings. The second kappa shape index (κ2) is 9.03. The molecule has 1 amide bonds. The fourth-order valence-electron chi connectivity index (χ4n) is 3.35. The molecule has 3 heterocycles. The molecule has 162 valence electrons. The number of carbonyl (C=O) groups is 1. The van der Waals surface area contributed by atoms with Gasteiger partial charge in [0, 0.05) is 49.7 Å². The van der Waals surface area contributed by atoms with Gasteiger partial charge in [-0.25, -0.2) is 18.4 Å². The van der Waals surface area contributed by atoms with E-state index in [0.29, 0.717) is 18.2 Å². The van der Waals surface area contributed by atoms with E-state index in [1.807, 2.05) is 28.5 Å². The predicted molar refractivity (Wildman–Crippen MR) is 122 cm³/mol. The van der Waals surface area contributed by atoms with Crippen molar-refractivity contribution in [3.05, 3.63) is 59.7 Å². The number of rotatable bonds is 6. The van der Waals surface area contributed by atoms with Crippen LogP contribution in [-0.4, -0.2) is 61.6 Å². The lowest BCUT2D eigenvalue weighted by molar-refractivity contribution is -0.130. The summed E-state index contributed by atoms with van der Waals surface area (Å²) in [5, 5.41) is 5.69. The van der Waals surface area contributed by atoms with Crippen molar-refractivity contribution in [2.75, 3.05) is 42.7 Å². The summed E-state index contributed by atoms with van der Waals surface area (Å²) in [7, 11) is -3.22. The Balaban J connectivity index is 1.30. The van der Waals surface area contributed by atoms with Crippen LogP contribution in [-0.2, 0) is 21.1 Å². The number of piperazine rings is 1. The van der Waals surface area contributed by atoms with E-state index in [1.165, 1.54) is 17.6 Å². The first kappa shape index (κ1) is 21.3. The number of hydrogen-bond donors (Lipinski definition) is 1. The molecule has 1 aliphatic rings. The van der Waals surface area contributed by atoms with E-state index < -0.39 is 9.84 Å². The first-order valence-electron chi connectivity index (χ1n) is 9.84. The van der Waals surface area contributed by atoms with Crippen molar-refractivity contribution in [3.8, 4) is 0 Å². The molecule has 0 bridgehead atoms. The highest BCUT2D eigenvalue weighted by Crippen LogP contribution is 2.23. The largest absolute Gasteiger partial charge is 0.353 e. The number of anilines is 3. The van der Waals surface area contributed by atoms with Gasteiger partial charge in [0.05, 0.1) is 17.0 Å². The van der Waals surface area contributed by atoms with Crippen LogP contribution >= 0.6 is 11.3 Å². The molecule has 4 rings (SSSR count). The molecule has 1 aliphatic heterocycles. The van der Waals surface area contributed by atoms with Crippen LogP contribution in [0.5, 0.6) is 0 Å². The molecular formula is C21H23N5O3S2. The smallest absolute Gasteiger partial charge is 0.228 e. The van der Waals surface area contributed by atoms with Gasteiger partial charge < -0.3 is 15.1 Å². The van der Waals surface area contributed by atoms with E-state index in [0.717, 1.165) is 30.3 Å². The summed E-state index contributed by atoms with van der Waals surface area (Å²) in [6, 6.07) is 12.3. The molecule has 10 heteroatoms. The average molecular weight is 458 g/mol. The van der Waals surface area contributed by atoms with E-state index in [4.69, 9.17) is 0 Å². The summed E-state index contributed by atoms with van der Waals surface area (Å²) in [6.45, 7) is 2.85. The monoisotopic (exact) mass is 457 g/mol. The van der Waals surface area contributed by atoms with Crippen molar-refractivity contribution >= 4 is 43.7 Å². The Labute approximate surface area is 185 Å². The normalized spacial score (nSPS) is 14.5. The number of nitrogens with one attached hydrogen (secondary N) is 1. The topological polar surface area (TPSA) is 95.5 Å². The fraction of sp³-hybridized carbons (Fsp3) is 0.286. The van der Waals surface area contributed by atoms with Crippen molar-refractivity contribution in [2.24, 2.45) is 0 Å². The van der Waals surface area contributed by atoms with Gasteiger partial charge in [0.1, 0.15) is 5.82 Å². The van der Waals surface area contributed by atoms with Gasteiger partial charge in [-0.2, -0.15) is 0 Å². The van der Waals surface area contributed by atoms with Crippen molar-refractivity contribution in [3.63, 3.8) is 0 Å². The molecule has 3 aromatic rings. The molecule has 31 heavy (non-hydrogen) atoms. The van der Waals surface area contributed by atoms with Crippen LogP contribution < -0.4 is 10.2 Å². The second-order valence-corrected chi connectivity index (χ2v) is 10.2. The summed E-state index contributed by atoms with van der Waals surface area (Å²) >= 11 is 1.41. The fourth-order valence-corrected chi connectivity index (χ4v) is 4.71. The molecule has 0 saturated carbocycles. The maximum atomic E-state index is 12.7. The van der Waals surface area contributed by atoms with Crippen molar-refractivity contribution in [1.82, 2.24) is 14.9 Å². The van der Waals surface area contributed by atoms with Crippen LogP contribution in [0.15, 0.2) is 58.9 Å². The van der Waals surface area contributed by atoms with Crippen LogP contribution in [0.3, 0.4) is 0 Å². The minimum Gasteiger partial charge on any atom is -0.353 e. The highest BCUT2D eigenvalue weighted by Gasteiger charge is 2.22. The van der Waals surface area contributed by atoms with Gasteiger partial charge in [0.25, 0.3) is 0 Å². The lowest BCUT2D eigenvalue weighted by Gasteiger charge is -2.35. The van der Waals surface area contributed by atoms with Crippen LogP contribution in [0.2, 0.25) is 0 Å². The third kappa shape index (κ3) is 5.39. The van der Waals surface area contributed by atoms with Gasteiger partial charge >= 0.3 is 0 Å². The highest BCUT2D eigenvalue weighted by molar-refractivity contribution is 7.90. The zero-order valence-corrected chi connectivity index (χ0v) is 18.7. The summed E-state index contributed by atoms with van der Waals surface area (Å²) in [6.07, 6.45) is 3.22. The molecule has 1 saturated heterocycles. The van der Waals surface area contributed by atoms with E-state index in [1.54, 1.807) is 30.5 Å². The minimum atomic E-state index is -3.22. The van der Waals surface area contributed by atoms with Gasteiger partial charge in [-0.05, 0) is 36.4 Å². The molecule has 1 N–H and O–H groups in total. The zero-order valence-electron chi connectivity index (χ0n) is 17.1. The number of carbonyl (C=O) groups excluding carboxylic acids is 1. The van der Waals surface area contributed by atoms with Gasteiger partial charge in [-0.15, -0.1) is 11.3 Å². The van der Waals surface area contributed by atoms with Crippen LogP contribution in [0.25, 0.3) is 0 Å². The molecule has 1 aromatic carbocycles. The Morgan fingerprint density at radius 1 is 1.10 bits per heavy atom. The number of nitrogens with zero attached hydrogens (tertiary/aromatic N) is 4. The molecular weight excluding hydrogens is 434 g/mol. The van der Waals surface area contributed by atoms with Gasteiger partial charge in [0.2, 0.25) is 5.91 Å². The lowest BCUT2D eigenvalue weighted by atomic mass is 10.2. The molecule has 0 radical (unpaired) electrons. The molecule has 0 aliphatic carbocycles. The Morgan fingerprint density at radius 3 is 2.48 bits per heavy atom. The third-order valence-electron chi connectivity index (χ3n) is 5.02. The van der Waals surface area contributed by atoms with Crippen molar-refractivity contribution in [2.45, 2.75) is 11.3 Å². The lowest BCUT2D eigenvalue weighted by Crippen LogP contribution is -2.49. The summed E-state index contributed by atoms with van der Waals surface area (Å²) in [5.74, 6) is 1.00. The number of sulfone groups is 1. The molecule has 2 aromatic heterocycles. The van der Waals surface area contributed by atoms with Gasteiger partial charge in [-0.1, -0.05) is 6.07 Å². The van der Waals surface area contributed by atoms with Crippen molar-refractivity contribution < 1.29 is 13.2 Å². The van der Waals surface area contributed by atoms with Gasteiger partial charge in [0.15, 0.2) is 15.0 Å². The number of aromatic nitrogens is 2. The average Bonchev–Trinajstić information content (AvgIpc) is 3.21. The summed E-state index contributed by atoms with van der Waals surface area (Å²) in [5.41, 5.74) is 1.46. The quantitative estimate of drug-likeness (QED) is 0.608. The number of thiazole rings is 1. The third-order valence-corrected chi connectivity index (χ3v) is 6.96. The predicted octanol–water partition coefficient (Wildman–Crippen LogP) is 2.58.